The van der Waals surface area contributed by atoms with Gasteiger partial charge in [-0.05, 0) is 30.2 Å². The number of primary amides is 1. The second-order valence-corrected chi connectivity index (χ2v) is 6.47. The summed E-state index contributed by atoms with van der Waals surface area (Å²) in [6.45, 7) is 2.90. The molecule has 106 valence electrons. The zero-order valence-electron chi connectivity index (χ0n) is 11.2. The fourth-order valence-electron chi connectivity index (χ4n) is 2.02. The highest BCUT2D eigenvalue weighted by atomic mass is 79.9. The van der Waals surface area contributed by atoms with E-state index in [0.717, 1.165) is 22.3 Å². The summed E-state index contributed by atoms with van der Waals surface area (Å²) in [5, 5.41) is 5.32. The van der Waals surface area contributed by atoms with E-state index >= 15 is 0 Å². The van der Waals surface area contributed by atoms with E-state index in [1.54, 1.807) is 16.7 Å². The number of hydrogen-bond donors (Lipinski definition) is 2. The van der Waals surface area contributed by atoms with E-state index in [1.165, 1.54) is 5.56 Å². The van der Waals surface area contributed by atoms with Crippen molar-refractivity contribution in [1.82, 2.24) is 5.32 Å². The third-order valence-electron chi connectivity index (χ3n) is 3.14. The summed E-state index contributed by atoms with van der Waals surface area (Å²) in [5.41, 5.74) is 7.11. The van der Waals surface area contributed by atoms with Gasteiger partial charge in [0.1, 0.15) is 0 Å². The van der Waals surface area contributed by atoms with Gasteiger partial charge in [0, 0.05) is 27.3 Å². The average molecular weight is 353 g/mol. The Balaban J connectivity index is 1.99. The summed E-state index contributed by atoms with van der Waals surface area (Å²) in [5.74, 6) is -0.368. The number of nitrogens with one attached hydrogen (secondary N) is 1. The average Bonchev–Trinajstić information content (AvgIpc) is 2.90. The summed E-state index contributed by atoms with van der Waals surface area (Å²) in [6, 6.07) is 10.5. The van der Waals surface area contributed by atoms with Crippen LogP contribution in [0.5, 0.6) is 0 Å². The molecule has 0 radical (unpaired) electrons. The molecule has 0 aliphatic heterocycles. The van der Waals surface area contributed by atoms with Crippen molar-refractivity contribution in [1.29, 1.82) is 0 Å². The molecule has 0 fully saturated rings. The lowest BCUT2D eigenvalue weighted by Crippen LogP contribution is -2.19. The Hall–Kier alpha value is -1.17. The summed E-state index contributed by atoms with van der Waals surface area (Å²) in [4.78, 5) is 12.2. The van der Waals surface area contributed by atoms with Crippen LogP contribution in [0.1, 0.15) is 40.2 Å². The molecule has 1 amide bonds. The second-order valence-electron chi connectivity index (χ2n) is 4.56. The summed E-state index contributed by atoms with van der Waals surface area (Å²) >= 11 is 5.00. The van der Waals surface area contributed by atoms with Crippen LogP contribution in [0.15, 0.2) is 40.2 Å². The zero-order chi connectivity index (χ0) is 14.5. The molecule has 1 heterocycles. The maximum Gasteiger partial charge on any atom is 0.249 e. The summed E-state index contributed by atoms with van der Waals surface area (Å²) < 4.78 is 1.08. The fraction of sp³-hybridized carbons (Fsp3) is 0.267. The minimum absolute atomic E-state index is 0.308. The highest BCUT2D eigenvalue weighted by molar-refractivity contribution is 9.10. The second kappa shape index (κ2) is 7.02. The molecule has 2 aromatic rings. The third-order valence-corrected chi connectivity index (χ3v) is 4.61. The lowest BCUT2D eigenvalue weighted by atomic mass is 10.0. The number of carbonyl (C=O) groups excluding carboxylic acids is 1. The van der Waals surface area contributed by atoms with E-state index in [2.05, 4.69) is 52.4 Å². The zero-order valence-corrected chi connectivity index (χ0v) is 13.6. The van der Waals surface area contributed by atoms with E-state index < -0.39 is 0 Å². The number of carbonyl (C=O) groups is 1. The fourth-order valence-corrected chi connectivity index (χ4v) is 3.11. The van der Waals surface area contributed by atoms with Gasteiger partial charge in [-0.25, -0.2) is 0 Å². The van der Waals surface area contributed by atoms with Crippen LogP contribution in [-0.4, -0.2) is 5.91 Å². The van der Waals surface area contributed by atoms with Gasteiger partial charge < -0.3 is 11.1 Å². The number of amides is 1. The minimum atomic E-state index is -0.368. The number of benzene rings is 1. The number of rotatable bonds is 6. The predicted molar refractivity (Wildman–Crippen MR) is 86.9 cm³/mol. The van der Waals surface area contributed by atoms with Crippen LogP contribution in [0.3, 0.4) is 0 Å². The maximum atomic E-state index is 11.1. The van der Waals surface area contributed by atoms with Crippen molar-refractivity contribution in [2.45, 2.75) is 25.9 Å². The van der Waals surface area contributed by atoms with Crippen LogP contribution >= 0.6 is 27.3 Å². The van der Waals surface area contributed by atoms with Crippen molar-refractivity contribution >= 4 is 33.2 Å². The Morgan fingerprint density at radius 3 is 2.65 bits per heavy atom. The maximum absolute atomic E-state index is 11.1. The Kier molecular flexibility index (Phi) is 5.34. The molecule has 0 aliphatic rings. The molecular formula is C15H17BrN2OS. The molecule has 0 aliphatic carbocycles. The van der Waals surface area contributed by atoms with Crippen LogP contribution < -0.4 is 11.1 Å². The van der Waals surface area contributed by atoms with Crippen molar-refractivity contribution in [3.8, 4) is 0 Å². The van der Waals surface area contributed by atoms with Crippen LogP contribution in [0, 0.1) is 0 Å². The van der Waals surface area contributed by atoms with Crippen LogP contribution in [0.4, 0.5) is 0 Å². The Morgan fingerprint density at radius 2 is 2.10 bits per heavy atom. The highest BCUT2D eigenvalue weighted by Gasteiger charge is 2.10. The molecule has 3 nitrogen and oxygen atoms in total. The van der Waals surface area contributed by atoms with Crippen molar-refractivity contribution in [2.24, 2.45) is 5.73 Å². The minimum Gasteiger partial charge on any atom is -0.366 e. The molecule has 0 bridgehead atoms. The molecule has 3 N–H and O–H groups in total. The third kappa shape index (κ3) is 3.91. The first-order valence-corrected chi connectivity index (χ1v) is 8.13. The molecule has 1 unspecified atom stereocenters. The molecule has 20 heavy (non-hydrogen) atoms. The Bertz CT molecular complexity index is 580. The normalized spacial score (nSPS) is 12.3. The SMILES string of the molecule is CCC(NCc1cc(C(N)=O)cs1)c1ccc(Br)cc1. The lowest BCUT2D eigenvalue weighted by molar-refractivity contribution is 0.100. The van der Waals surface area contributed by atoms with Gasteiger partial charge >= 0.3 is 0 Å². The van der Waals surface area contributed by atoms with Gasteiger partial charge in [0.25, 0.3) is 0 Å². The van der Waals surface area contributed by atoms with E-state index in [9.17, 15) is 4.79 Å². The molecule has 1 atom stereocenters. The first kappa shape index (κ1) is 15.2. The van der Waals surface area contributed by atoms with Crippen molar-refractivity contribution in [3.05, 3.63) is 56.2 Å². The first-order chi connectivity index (χ1) is 9.60. The highest BCUT2D eigenvalue weighted by Crippen LogP contribution is 2.21. The van der Waals surface area contributed by atoms with Gasteiger partial charge in [-0.3, -0.25) is 4.79 Å². The topological polar surface area (TPSA) is 55.1 Å². The van der Waals surface area contributed by atoms with Crippen LogP contribution in [0.25, 0.3) is 0 Å². The molecule has 1 aromatic carbocycles. The van der Waals surface area contributed by atoms with Gasteiger partial charge in [0.15, 0.2) is 0 Å². The van der Waals surface area contributed by atoms with Crippen LogP contribution in [0.2, 0.25) is 0 Å². The Morgan fingerprint density at radius 1 is 1.40 bits per heavy atom. The summed E-state index contributed by atoms with van der Waals surface area (Å²) in [7, 11) is 0. The predicted octanol–water partition coefficient (Wildman–Crippen LogP) is 3.85. The van der Waals surface area contributed by atoms with Crippen molar-refractivity contribution in [3.63, 3.8) is 0 Å². The summed E-state index contributed by atoms with van der Waals surface area (Å²) in [6.07, 6.45) is 1.01. The number of halogens is 1. The van der Waals surface area contributed by atoms with E-state index in [0.29, 0.717) is 11.6 Å². The smallest absolute Gasteiger partial charge is 0.249 e. The molecular weight excluding hydrogens is 336 g/mol. The molecule has 1 aromatic heterocycles. The monoisotopic (exact) mass is 352 g/mol. The number of hydrogen-bond acceptors (Lipinski definition) is 3. The standard InChI is InChI=1S/C15H17BrN2OS/c1-2-14(10-3-5-12(16)6-4-10)18-8-13-7-11(9-20-13)15(17)19/h3-7,9,14,18H,2,8H2,1H3,(H2,17,19). The van der Waals surface area contributed by atoms with E-state index in [4.69, 9.17) is 5.73 Å². The van der Waals surface area contributed by atoms with Crippen molar-refractivity contribution < 1.29 is 4.79 Å². The Labute approximate surface area is 131 Å². The molecule has 2 rings (SSSR count). The van der Waals surface area contributed by atoms with Gasteiger partial charge in [-0.15, -0.1) is 11.3 Å². The molecule has 0 saturated heterocycles. The van der Waals surface area contributed by atoms with Gasteiger partial charge in [0.2, 0.25) is 5.91 Å². The van der Waals surface area contributed by atoms with E-state index in [1.807, 2.05) is 6.07 Å². The van der Waals surface area contributed by atoms with Gasteiger partial charge in [-0.1, -0.05) is 35.0 Å². The van der Waals surface area contributed by atoms with E-state index in [-0.39, 0.29) is 5.91 Å². The van der Waals surface area contributed by atoms with Gasteiger partial charge in [-0.2, -0.15) is 0 Å². The quantitative estimate of drug-likeness (QED) is 0.829. The largest absolute Gasteiger partial charge is 0.366 e. The molecule has 0 spiro atoms. The first-order valence-electron chi connectivity index (χ1n) is 6.46. The molecule has 5 heteroatoms. The number of nitrogens with two attached hydrogens (primary N) is 1. The van der Waals surface area contributed by atoms with Crippen LogP contribution in [-0.2, 0) is 6.54 Å². The number of thiophene rings is 1. The molecule has 0 saturated carbocycles. The van der Waals surface area contributed by atoms with Gasteiger partial charge in [0.05, 0.1) is 5.56 Å². The van der Waals surface area contributed by atoms with Crippen molar-refractivity contribution in [2.75, 3.05) is 0 Å². The lowest BCUT2D eigenvalue weighted by Gasteiger charge is -2.17.